The van der Waals surface area contributed by atoms with E-state index in [-0.39, 0.29) is 0 Å². The molecule has 0 aliphatic rings. The fourth-order valence-corrected chi connectivity index (χ4v) is 1.06. The molecule has 3 heteroatoms. The third-order valence-corrected chi connectivity index (χ3v) is 1.77. The summed E-state index contributed by atoms with van der Waals surface area (Å²) in [6.07, 6.45) is 0. The third-order valence-electron chi connectivity index (χ3n) is 1.77. The Labute approximate surface area is 84.6 Å². The van der Waals surface area contributed by atoms with Crippen LogP contribution in [0, 0.1) is 0 Å². The molecule has 14 heavy (non-hydrogen) atoms. The minimum atomic E-state index is 0.341. The lowest BCUT2D eigenvalue weighted by atomic mass is 10.2. The number of rotatable bonds is 6. The molecule has 3 nitrogen and oxygen atoms in total. The lowest BCUT2D eigenvalue weighted by Gasteiger charge is -2.05. The van der Waals surface area contributed by atoms with Crippen LogP contribution in [0.5, 0.6) is 5.75 Å². The van der Waals surface area contributed by atoms with Gasteiger partial charge in [-0.2, -0.15) is 0 Å². The summed E-state index contributed by atoms with van der Waals surface area (Å²) in [7, 11) is 1.65. The van der Waals surface area contributed by atoms with E-state index in [1.807, 2.05) is 31.2 Å². The minimum Gasteiger partial charge on any atom is -0.497 e. The second-order valence-electron chi connectivity index (χ2n) is 2.81. The maximum absolute atomic E-state index is 5.28. The van der Waals surface area contributed by atoms with E-state index in [0.29, 0.717) is 20.0 Å². The molecule has 78 valence electrons. The summed E-state index contributed by atoms with van der Waals surface area (Å²) in [4.78, 5) is 0. The fourth-order valence-electron chi connectivity index (χ4n) is 1.06. The Morgan fingerprint density at radius 1 is 1.21 bits per heavy atom. The molecule has 0 spiro atoms. The van der Waals surface area contributed by atoms with Crippen molar-refractivity contribution in [1.29, 1.82) is 0 Å². The molecule has 0 aliphatic heterocycles. The molecule has 1 rings (SSSR count). The van der Waals surface area contributed by atoms with Gasteiger partial charge in [0.15, 0.2) is 0 Å². The highest BCUT2D eigenvalue weighted by atomic mass is 16.7. The topological polar surface area (TPSA) is 27.7 Å². The van der Waals surface area contributed by atoms with Crippen LogP contribution in [-0.2, 0) is 16.1 Å². The molecule has 0 unspecified atom stereocenters. The number of ether oxygens (including phenoxy) is 3. The van der Waals surface area contributed by atoms with Gasteiger partial charge < -0.3 is 14.2 Å². The molecule has 0 radical (unpaired) electrons. The molecule has 0 atom stereocenters. The van der Waals surface area contributed by atoms with Crippen LogP contribution in [-0.4, -0.2) is 20.5 Å². The highest BCUT2D eigenvalue weighted by Crippen LogP contribution is 2.12. The largest absolute Gasteiger partial charge is 0.497 e. The third kappa shape index (κ3) is 3.77. The molecule has 1 aromatic carbocycles. The minimum absolute atomic E-state index is 0.341. The van der Waals surface area contributed by atoms with Gasteiger partial charge in [-0.15, -0.1) is 0 Å². The number of benzene rings is 1. The van der Waals surface area contributed by atoms with E-state index in [2.05, 4.69) is 0 Å². The highest BCUT2D eigenvalue weighted by Gasteiger charge is 1.95. The van der Waals surface area contributed by atoms with Gasteiger partial charge in [0.1, 0.15) is 12.5 Å². The molecule has 0 heterocycles. The van der Waals surface area contributed by atoms with Crippen LogP contribution >= 0.6 is 0 Å². The Balaban J connectivity index is 2.34. The molecule has 0 amide bonds. The predicted octanol–water partition coefficient (Wildman–Crippen LogP) is 2.21. The van der Waals surface area contributed by atoms with Gasteiger partial charge in [-0.05, 0) is 24.6 Å². The van der Waals surface area contributed by atoms with Crippen molar-refractivity contribution in [1.82, 2.24) is 0 Å². The van der Waals surface area contributed by atoms with Crippen molar-refractivity contribution >= 4 is 0 Å². The summed E-state index contributed by atoms with van der Waals surface area (Å²) in [6, 6.07) is 7.80. The van der Waals surface area contributed by atoms with Gasteiger partial charge in [-0.1, -0.05) is 12.1 Å². The maximum Gasteiger partial charge on any atom is 0.147 e. The van der Waals surface area contributed by atoms with Crippen molar-refractivity contribution in [3.8, 4) is 5.75 Å². The molecule has 0 saturated heterocycles. The van der Waals surface area contributed by atoms with Crippen molar-refractivity contribution in [2.45, 2.75) is 13.5 Å². The summed E-state index contributed by atoms with van der Waals surface area (Å²) in [5, 5.41) is 0. The molecule has 0 aliphatic carbocycles. The van der Waals surface area contributed by atoms with Gasteiger partial charge in [0.25, 0.3) is 0 Å². The second kappa shape index (κ2) is 6.40. The van der Waals surface area contributed by atoms with Crippen LogP contribution in [0.2, 0.25) is 0 Å². The van der Waals surface area contributed by atoms with Crippen molar-refractivity contribution < 1.29 is 14.2 Å². The monoisotopic (exact) mass is 196 g/mol. The van der Waals surface area contributed by atoms with Crippen LogP contribution in [0.25, 0.3) is 0 Å². The maximum atomic E-state index is 5.28. The first-order valence-electron chi connectivity index (χ1n) is 4.65. The second-order valence-corrected chi connectivity index (χ2v) is 2.81. The number of hydrogen-bond donors (Lipinski definition) is 0. The Morgan fingerprint density at radius 3 is 2.79 bits per heavy atom. The van der Waals surface area contributed by atoms with E-state index in [1.165, 1.54) is 0 Å². The average Bonchev–Trinajstić information content (AvgIpc) is 2.25. The molecule has 1 aromatic rings. The van der Waals surface area contributed by atoms with Gasteiger partial charge in [0, 0.05) is 6.61 Å². The van der Waals surface area contributed by atoms with E-state index in [9.17, 15) is 0 Å². The smallest absolute Gasteiger partial charge is 0.147 e. The fraction of sp³-hybridized carbons (Fsp3) is 0.455. The van der Waals surface area contributed by atoms with Crippen molar-refractivity contribution in [2.24, 2.45) is 0 Å². The lowest BCUT2D eigenvalue weighted by molar-refractivity contribution is -0.0571. The summed E-state index contributed by atoms with van der Waals surface area (Å²) in [6.45, 7) is 3.51. The highest BCUT2D eigenvalue weighted by molar-refractivity contribution is 5.27. The Hall–Kier alpha value is -1.06. The van der Waals surface area contributed by atoms with Crippen LogP contribution in [0.15, 0.2) is 24.3 Å². The summed E-state index contributed by atoms with van der Waals surface area (Å²) < 4.78 is 15.4. The van der Waals surface area contributed by atoms with E-state index in [0.717, 1.165) is 11.3 Å². The van der Waals surface area contributed by atoms with E-state index >= 15 is 0 Å². The normalized spacial score (nSPS) is 10.1. The zero-order valence-corrected chi connectivity index (χ0v) is 8.66. The van der Waals surface area contributed by atoms with Crippen LogP contribution in [0.1, 0.15) is 12.5 Å². The average molecular weight is 196 g/mol. The van der Waals surface area contributed by atoms with E-state index in [1.54, 1.807) is 7.11 Å². The van der Waals surface area contributed by atoms with E-state index < -0.39 is 0 Å². The molecule has 0 fully saturated rings. The van der Waals surface area contributed by atoms with Crippen molar-refractivity contribution in [3.63, 3.8) is 0 Å². The molecular weight excluding hydrogens is 180 g/mol. The van der Waals surface area contributed by atoms with Gasteiger partial charge >= 0.3 is 0 Å². The molecule has 0 N–H and O–H groups in total. The summed E-state index contributed by atoms with van der Waals surface area (Å²) in [5.74, 6) is 0.850. The Bertz CT molecular complexity index is 260. The first-order chi connectivity index (χ1) is 6.86. The zero-order chi connectivity index (χ0) is 10.2. The van der Waals surface area contributed by atoms with Gasteiger partial charge in [0.2, 0.25) is 0 Å². The van der Waals surface area contributed by atoms with Crippen molar-refractivity contribution in [2.75, 3.05) is 20.5 Å². The summed E-state index contributed by atoms with van der Waals surface area (Å²) >= 11 is 0. The molecule has 0 saturated carbocycles. The first-order valence-corrected chi connectivity index (χ1v) is 4.65. The number of hydrogen-bond acceptors (Lipinski definition) is 3. The summed E-state index contributed by atoms with van der Waals surface area (Å²) in [5.41, 5.74) is 1.09. The van der Waals surface area contributed by atoms with Gasteiger partial charge in [0.05, 0.1) is 13.7 Å². The quantitative estimate of drug-likeness (QED) is 0.515. The standard InChI is InChI=1S/C11H16O3/c1-3-13-9-14-8-10-5-4-6-11(7-10)12-2/h4-7H,3,8-9H2,1-2H3. The van der Waals surface area contributed by atoms with E-state index in [4.69, 9.17) is 14.2 Å². The Kier molecular flexibility index (Phi) is 5.04. The number of methoxy groups -OCH3 is 1. The SMILES string of the molecule is CCOCOCc1cccc(OC)c1. The zero-order valence-electron chi connectivity index (χ0n) is 8.66. The van der Waals surface area contributed by atoms with Crippen LogP contribution in [0.4, 0.5) is 0 Å². The molecule has 0 bridgehead atoms. The molecular formula is C11H16O3. The molecule has 0 aromatic heterocycles. The van der Waals surface area contributed by atoms with Crippen LogP contribution < -0.4 is 4.74 Å². The Morgan fingerprint density at radius 2 is 2.07 bits per heavy atom. The first kappa shape index (κ1) is 11.0. The van der Waals surface area contributed by atoms with Gasteiger partial charge in [-0.25, -0.2) is 0 Å². The van der Waals surface area contributed by atoms with Crippen molar-refractivity contribution in [3.05, 3.63) is 29.8 Å². The lowest BCUT2D eigenvalue weighted by Crippen LogP contribution is -1.99. The van der Waals surface area contributed by atoms with Crippen LogP contribution in [0.3, 0.4) is 0 Å². The predicted molar refractivity (Wildman–Crippen MR) is 54.3 cm³/mol. The van der Waals surface area contributed by atoms with Gasteiger partial charge in [-0.3, -0.25) is 0 Å².